The van der Waals surface area contributed by atoms with Gasteiger partial charge in [-0.3, -0.25) is 9.59 Å². The lowest BCUT2D eigenvalue weighted by Gasteiger charge is -2.28. The molecule has 0 spiro atoms. The van der Waals surface area contributed by atoms with Crippen molar-refractivity contribution in [2.75, 3.05) is 39.8 Å². The van der Waals surface area contributed by atoms with E-state index in [0.29, 0.717) is 43.2 Å². The highest BCUT2D eigenvalue weighted by molar-refractivity contribution is 7.91. The van der Waals surface area contributed by atoms with E-state index in [-0.39, 0.29) is 16.7 Å². The molecule has 1 saturated heterocycles. The molecule has 1 aliphatic rings. The van der Waals surface area contributed by atoms with Crippen LogP contribution in [0.3, 0.4) is 0 Å². The number of carbonyl (C=O) groups is 1. The van der Waals surface area contributed by atoms with Crippen molar-refractivity contribution in [2.45, 2.75) is 11.1 Å². The third-order valence-electron chi connectivity index (χ3n) is 3.25. The van der Waals surface area contributed by atoms with Gasteiger partial charge in [0.2, 0.25) is 5.91 Å². The minimum atomic E-state index is -3.83. The quantitative estimate of drug-likeness (QED) is 0.720. The number of amides is 1. The Balaban J connectivity index is 2.11. The summed E-state index contributed by atoms with van der Waals surface area (Å²) in [5.74, 6) is -0.233. The second kappa shape index (κ2) is 6.26. The molecule has 1 amide bonds. The van der Waals surface area contributed by atoms with Crippen LogP contribution in [0.25, 0.3) is 0 Å². The zero-order valence-electron chi connectivity index (χ0n) is 11.9. The number of carbonyl (C=O) groups excluding carboxylic acids is 1. The molecule has 0 aromatic carbocycles. The standard InChI is InChI=1S/C11H18N4O4S2/c1-8-10(20-11(17)13-8)21(18,19)14(2)7-9(16)15-5-3-12-4-6-15/h12H,3-7H2,1-2H3,(H,13,17). The number of aromatic amines is 1. The Hall–Kier alpha value is -1.23. The lowest BCUT2D eigenvalue weighted by Crippen LogP contribution is -2.49. The number of hydrogen-bond acceptors (Lipinski definition) is 6. The van der Waals surface area contributed by atoms with E-state index in [1.807, 2.05) is 0 Å². The summed E-state index contributed by atoms with van der Waals surface area (Å²) >= 11 is 0.637. The monoisotopic (exact) mass is 334 g/mol. The number of aromatic nitrogens is 1. The van der Waals surface area contributed by atoms with Gasteiger partial charge in [0.15, 0.2) is 4.21 Å². The second-order valence-corrected chi connectivity index (χ2v) is 8.04. The van der Waals surface area contributed by atoms with Crippen LogP contribution in [0.4, 0.5) is 0 Å². The van der Waals surface area contributed by atoms with Gasteiger partial charge in [0.25, 0.3) is 10.0 Å². The van der Waals surface area contributed by atoms with Crippen LogP contribution in [0.1, 0.15) is 5.69 Å². The SMILES string of the molecule is Cc1[nH]c(=O)sc1S(=O)(=O)N(C)CC(=O)N1CCNCC1. The Labute approximate surface area is 126 Å². The van der Waals surface area contributed by atoms with Crippen LogP contribution >= 0.6 is 11.3 Å². The van der Waals surface area contributed by atoms with Crippen molar-refractivity contribution in [1.29, 1.82) is 0 Å². The first-order chi connectivity index (χ1) is 9.82. The van der Waals surface area contributed by atoms with Crippen molar-refractivity contribution in [1.82, 2.24) is 19.5 Å². The summed E-state index contributed by atoms with van der Waals surface area (Å²) < 4.78 is 25.7. The Morgan fingerprint density at radius 2 is 2.00 bits per heavy atom. The molecule has 10 heteroatoms. The van der Waals surface area contributed by atoms with Gasteiger partial charge in [-0.25, -0.2) is 8.42 Å². The Bertz CT molecular complexity index is 673. The van der Waals surface area contributed by atoms with Gasteiger partial charge < -0.3 is 15.2 Å². The third-order valence-corrected chi connectivity index (χ3v) is 6.64. The van der Waals surface area contributed by atoms with Crippen molar-refractivity contribution < 1.29 is 13.2 Å². The molecule has 0 bridgehead atoms. The van der Waals surface area contributed by atoms with Gasteiger partial charge in [-0.05, 0) is 6.92 Å². The largest absolute Gasteiger partial charge is 0.339 e. The lowest BCUT2D eigenvalue weighted by molar-refractivity contribution is -0.131. The predicted molar refractivity (Wildman–Crippen MR) is 78.9 cm³/mol. The molecule has 118 valence electrons. The van der Waals surface area contributed by atoms with Crippen LogP contribution in [0.15, 0.2) is 9.00 Å². The highest BCUT2D eigenvalue weighted by atomic mass is 32.2. The average Bonchev–Trinajstić information content (AvgIpc) is 2.79. The first-order valence-electron chi connectivity index (χ1n) is 6.47. The average molecular weight is 334 g/mol. The number of thiazole rings is 1. The van der Waals surface area contributed by atoms with Gasteiger partial charge in [0.05, 0.1) is 6.54 Å². The predicted octanol–water partition coefficient (Wildman–Crippen LogP) is -1.20. The van der Waals surface area contributed by atoms with E-state index in [2.05, 4.69) is 10.3 Å². The number of nitrogens with one attached hydrogen (secondary N) is 2. The first kappa shape index (κ1) is 16.1. The molecule has 21 heavy (non-hydrogen) atoms. The molecule has 0 unspecified atom stereocenters. The van der Waals surface area contributed by atoms with Crippen LogP contribution in [0.2, 0.25) is 0 Å². The van der Waals surface area contributed by atoms with Crippen molar-refractivity contribution in [3.05, 3.63) is 15.4 Å². The molecule has 2 rings (SSSR count). The first-order valence-corrected chi connectivity index (χ1v) is 8.72. The van der Waals surface area contributed by atoms with Gasteiger partial charge in [0.1, 0.15) is 0 Å². The van der Waals surface area contributed by atoms with Crippen LogP contribution in [0.5, 0.6) is 0 Å². The molecule has 0 radical (unpaired) electrons. The summed E-state index contributed by atoms with van der Waals surface area (Å²) in [5.41, 5.74) is 0.298. The van der Waals surface area contributed by atoms with Crippen LogP contribution in [-0.4, -0.2) is 68.3 Å². The second-order valence-electron chi connectivity index (χ2n) is 4.82. The summed E-state index contributed by atoms with van der Waals surface area (Å²) in [4.78, 5) is 27.0. The fraction of sp³-hybridized carbons (Fsp3) is 0.636. The zero-order chi connectivity index (χ0) is 15.6. The van der Waals surface area contributed by atoms with Gasteiger partial charge in [0, 0.05) is 38.9 Å². The molecule has 8 nitrogen and oxygen atoms in total. The summed E-state index contributed by atoms with van der Waals surface area (Å²) in [5, 5.41) is 3.13. The summed E-state index contributed by atoms with van der Waals surface area (Å²) in [6.07, 6.45) is 0. The molecule has 1 aliphatic heterocycles. The summed E-state index contributed by atoms with van der Waals surface area (Å²) in [6, 6.07) is 0. The van der Waals surface area contributed by atoms with Crippen molar-refractivity contribution in [3.8, 4) is 0 Å². The van der Waals surface area contributed by atoms with Crippen molar-refractivity contribution >= 4 is 27.3 Å². The van der Waals surface area contributed by atoms with Crippen molar-refractivity contribution in [2.24, 2.45) is 0 Å². The number of aryl methyl sites for hydroxylation is 1. The Kier molecular flexibility index (Phi) is 4.81. The molecule has 0 atom stereocenters. The number of nitrogens with zero attached hydrogens (tertiary/aromatic N) is 2. The van der Waals surface area contributed by atoms with E-state index in [9.17, 15) is 18.0 Å². The van der Waals surface area contributed by atoms with E-state index in [4.69, 9.17) is 0 Å². The number of sulfonamides is 1. The highest BCUT2D eigenvalue weighted by Crippen LogP contribution is 2.19. The zero-order valence-corrected chi connectivity index (χ0v) is 13.5. The Morgan fingerprint density at radius 3 is 2.52 bits per heavy atom. The number of piperazine rings is 1. The van der Waals surface area contributed by atoms with E-state index in [1.165, 1.54) is 14.0 Å². The minimum Gasteiger partial charge on any atom is -0.339 e. The summed E-state index contributed by atoms with van der Waals surface area (Å²) in [6.45, 7) is 3.86. The molecule has 1 fully saturated rings. The van der Waals surface area contributed by atoms with Gasteiger partial charge in [-0.2, -0.15) is 4.31 Å². The summed E-state index contributed by atoms with van der Waals surface area (Å²) in [7, 11) is -2.48. The number of H-pyrrole nitrogens is 1. The van der Waals surface area contributed by atoms with Crippen LogP contribution in [0, 0.1) is 6.92 Å². The molecule has 1 aromatic rings. The maximum absolute atomic E-state index is 12.4. The van der Waals surface area contributed by atoms with E-state index in [1.54, 1.807) is 4.90 Å². The third kappa shape index (κ3) is 3.51. The fourth-order valence-corrected chi connectivity index (χ4v) is 4.68. The van der Waals surface area contributed by atoms with Gasteiger partial charge in [-0.15, -0.1) is 0 Å². The van der Waals surface area contributed by atoms with E-state index < -0.39 is 14.9 Å². The Morgan fingerprint density at radius 1 is 1.38 bits per heavy atom. The number of hydrogen-bond donors (Lipinski definition) is 2. The molecule has 0 saturated carbocycles. The van der Waals surface area contributed by atoms with E-state index >= 15 is 0 Å². The smallest absolute Gasteiger partial charge is 0.305 e. The molecule has 2 heterocycles. The molecular formula is C11H18N4O4S2. The van der Waals surface area contributed by atoms with Crippen molar-refractivity contribution in [3.63, 3.8) is 0 Å². The minimum absolute atomic E-state index is 0.0388. The number of rotatable bonds is 4. The maximum Gasteiger partial charge on any atom is 0.305 e. The maximum atomic E-state index is 12.4. The van der Waals surface area contributed by atoms with Crippen LogP contribution in [-0.2, 0) is 14.8 Å². The van der Waals surface area contributed by atoms with Gasteiger partial charge >= 0.3 is 4.87 Å². The highest BCUT2D eigenvalue weighted by Gasteiger charge is 2.29. The van der Waals surface area contributed by atoms with E-state index in [0.717, 1.165) is 4.31 Å². The topological polar surface area (TPSA) is 103 Å². The molecule has 0 aliphatic carbocycles. The van der Waals surface area contributed by atoms with Crippen LogP contribution < -0.4 is 10.2 Å². The molecule has 1 aromatic heterocycles. The molecular weight excluding hydrogens is 316 g/mol. The van der Waals surface area contributed by atoms with Gasteiger partial charge in [-0.1, -0.05) is 11.3 Å². The normalized spacial score (nSPS) is 16.4. The number of likely N-dealkylation sites (N-methyl/N-ethyl adjacent to an activating group) is 1. The lowest BCUT2D eigenvalue weighted by atomic mass is 10.3. The fourth-order valence-electron chi connectivity index (χ4n) is 2.07. The molecule has 2 N–H and O–H groups in total.